The Labute approximate surface area is 73.5 Å². The van der Waals surface area contributed by atoms with Gasteiger partial charge in [-0.25, -0.2) is 0 Å². The van der Waals surface area contributed by atoms with Crippen LogP contribution < -0.4 is 0 Å². The van der Waals surface area contributed by atoms with Gasteiger partial charge in [0.15, 0.2) is 0 Å². The van der Waals surface area contributed by atoms with E-state index < -0.39 is 15.9 Å². The smallest absolute Gasteiger partial charge is 0.266 e. The van der Waals surface area contributed by atoms with E-state index in [1.165, 1.54) is 0 Å². The van der Waals surface area contributed by atoms with Crippen molar-refractivity contribution in [3.8, 4) is 0 Å². The third-order valence-corrected chi connectivity index (χ3v) is 10.6. The third-order valence-electron chi connectivity index (χ3n) is 1.81. The van der Waals surface area contributed by atoms with Crippen LogP contribution in [0.15, 0.2) is 0 Å². The summed E-state index contributed by atoms with van der Waals surface area (Å²) in [6.07, 6.45) is 0.593. The van der Waals surface area contributed by atoms with Gasteiger partial charge >= 0.3 is 0 Å². The van der Waals surface area contributed by atoms with Crippen LogP contribution in [0.3, 0.4) is 0 Å². The first-order valence-electron chi connectivity index (χ1n) is 4.22. The van der Waals surface area contributed by atoms with Gasteiger partial charge in [0, 0.05) is 23.0 Å². The van der Waals surface area contributed by atoms with Gasteiger partial charge in [-0.3, -0.25) is 0 Å². The summed E-state index contributed by atoms with van der Waals surface area (Å²) in [6.45, 7) is 14.3. The molecule has 0 aliphatic carbocycles. The van der Waals surface area contributed by atoms with Gasteiger partial charge in [-0.05, 0) is 0 Å². The minimum Gasteiger partial charge on any atom is -0.445 e. The molecular weight excluding hydrogens is 167 g/mol. The molecule has 0 spiro atoms. The van der Waals surface area contributed by atoms with Gasteiger partial charge < -0.3 is 4.65 Å². The highest BCUT2D eigenvalue weighted by Gasteiger charge is 2.42. The molecule has 0 bridgehead atoms. The van der Waals surface area contributed by atoms with Gasteiger partial charge in [0.05, 0.1) is 0 Å². The molecule has 66 valence electrons. The summed E-state index contributed by atoms with van der Waals surface area (Å²) in [4.78, 5) is 0. The maximum absolute atomic E-state index is 5.60. The second kappa shape index (κ2) is 3.45. The minimum absolute atomic E-state index is 0.593. The van der Waals surface area contributed by atoms with E-state index in [1.54, 1.807) is 0 Å². The highest BCUT2D eigenvalue weighted by atomic mass is 28.4. The molecule has 1 nitrogen and oxygen atoms in total. The maximum atomic E-state index is 5.60. The molecular formula is C7H21BOSi2. The lowest BCUT2D eigenvalue weighted by Crippen LogP contribution is -2.59. The molecule has 0 heterocycles. The van der Waals surface area contributed by atoms with Crippen LogP contribution in [0.25, 0.3) is 0 Å². The summed E-state index contributed by atoms with van der Waals surface area (Å²) >= 11 is 0. The van der Waals surface area contributed by atoms with Crippen LogP contribution >= 0.6 is 0 Å². The SMILES string of the molecule is COB([Si](C)(C)C)[Si](C)(C)C. The van der Waals surface area contributed by atoms with Crippen molar-refractivity contribution < 1.29 is 4.65 Å². The van der Waals surface area contributed by atoms with Crippen molar-refractivity contribution in [3.63, 3.8) is 0 Å². The number of hydrogen-bond donors (Lipinski definition) is 0. The van der Waals surface area contributed by atoms with Crippen molar-refractivity contribution in [1.82, 2.24) is 0 Å². The molecule has 0 rings (SSSR count). The predicted molar refractivity (Wildman–Crippen MR) is 59.5 cm³/mol. The fourth-order valence-electron chi connectivity index (χ4n) is 2.01. The van der Waals surface area contributed by atoms with Crippen molar-refractivity contribution >= 4 is 22.0 Å². The van der Waals surface area contributed by atoms with Crippen molar-refractivity contribution in [2.24, 2.45) is 0 Å². The molecule has 0 aromatic rings. The first-order chi connectivity index (χ1) is 4.69. The fourth-order valence-corrected chi connectivity index (χ4v) is 13.8. The second-order valence-corrected chi connectivity index (χ2v) is 16.4. The standard InChI is InChI=1S/C7H21BOSi2/c1-9-8(10(2,3)4)11(5,6)7/h1-7H3. The van der Waals surface area contributed by atoms with Crippen LogP contribution in [-0.4, -0.2) is 29.1 Å². The largest absolute Gasteiger partial charge is 0.445 e. The number of rotatable bonds is 3. The molecule has 0 aromatic carbocycles. The zero-order valence-corrected chi connectivity index (χ0v) is 11.0. The van der Waals surface area contributed by atoms with Gasteiger partial charge in [-0.15, -0.1) is 0 Å². The van der Waals surface area contributed by atoms with Gasteiger partial charge in [0.25, 0.3) is 6.10 Å². The van der Waals surface area contributed by atoms with E-state index in [4.69, 9.17) is 4.65 Å². The summed E-state index contributed by atoms with van der Waals surface area (Å²) in [5.41, 5.74) is 0. The van der Waals surface area contributed by atoms with Gasteiger partial charge in [0.2, 0.25) is 0 Å². The topological polar surface area (TPSA) is 9.23 Å². The molecule has 0 amide bonds. The van der Waals surface area contributed by atoms with E-state index in [-0.39, 0.29) is 0 Å². The highest BCUT2D eigenvalue weighted by Crippen LogP contribution is 2.17. The van der Waals surface area contributed by atoms with E-state index in [1.807, 2.05) is 7.11 Å². The molecule has 0 atom stereocenters. The predicted octanol–water partition coefficient (Wildman–Crippen LogP) is 2.46. The molecule has 0 saturated heterocycles. The van der Waals surface area contributed by atoms with E-state index in [2.05, 4.69) is 39.3 Å². The van der Waals surface area contributed by atoms with E-state index >= 15 is 0 Å². The molecule has 0 saturated carbocycles. The molecule has 0 aliphatic heterocycles. The average Bonchev–Trinajstić information content (AvgIpc) is 1.56. The van der Waals surface area contributed by atoms with Crippen LogP contribution in [0.4, 0.5) is 0 Å². The van der Waals surface area contributed by atoms with Crippen LogP contribution in [0.5, 0.6) is 0 Å². The summed E-state index contributed by atoms with van der Waals surface area (Å²) in [7, 11) is -0.303. The summed E-state index contributed by atoms with van der Waals surface area (Å²) < 4.78 is 5.60. The minimum atomic E-state index is -1.08. The monoisotopic (exact) mass is 188 g/mol. The molecule has 4 heteroatoms. The average molecular weight is 188 g/mol. The maximum Gasteiger partial charge on any atom is 0.266 e. The van der Waals surface area contributed by atoms with E-state index in [0.29, 0.717) is 6.10 Å². The van der Waals surface area contributed by atoms with Gasteiger partial charge in [0.1, 0.15) is 0 Å². The molecule has 11 heavy (non-hydrogen) atoms. The Balaban J connectivity index is 4.43. The Hall–Kier alpha value is 0.459. The Morgan fingerprint density at radius 3 is 1.09 bits per heavy atom. The first kappa shape index (κ1) is 11.5. The van der Waals surface area contributed by atoms with Crippen LogP contribution in [0.1, 0.15) is 0 Å². The van der Waals surface area contributed by atoms with E-state index in [0.717, 1.165) is 0 Å². The molecule has 0 radical (unpaired) electrons. The highest BCUT2D eigenvalue weighted by molar-refractivity contribution is 7.58. The Morgan fingerprint density at radius 1 is 0.818 bits per heavy atom. The Morgan fingerprint density at radius 2 is 1.09 bits per heavy atom. The quantitative estimate of drug-likeness (QED) is 0.618. The number of hydrogen-bond acceptors (Lipinski definition) is 1. The van der Waals surface area contributed by atoms with Crippen molar-refractivity contribution in [1.29, 1.82) is 0 Å². The first-order valence-corrected chi connectivity index (χ1v) is 11.4. The molecule has 0 fully saturated rings. The van der Waals surface area contributed by atoms with Gasteiger partial charge in [-0.2, -0.15) is 0 Å². The van der Waals surface area contributed by atoms with Crippen molar-refractivity contribution in [2.75, 3.05) is 7.11 Å². The molecule has 0 unspecified atom stereocenters. The summed E-state index contributed by atoms with van der Waals surface area (Å²) in [5.74, 6) is 0. The lowest BCUT2D eigenvalue weighted by atomic mass is 10.5. The summed E-state index contributed by atoms with van der Waals surface area (Å²) in [6, 6.07) is 0. The normalized spacial score (nSPS) is 13.4. The van der Waals surface area contributed by atoms with Crippen LogP contribution in [0, 0.1) is 0 Å². The second-order valence-electron chi connectivity index (χ2n) is 5.35. The zero-order valence-electron chi connectivity index (χ0n) is 8.99. The molecule has 0 aromatic heterocycles. The van der Waals surface area contributed by atoms with Crippen molar-refractivity contribution in [2.45, 2.75) is 39.3 Å². The van der Waals surface area contributed by atoms with Crippen molar-refractivity contribution in [3.05, 3.63) is 0 Å². The lowest BCUT2D eigenvalue weighted by molar-refractivity contribution is 0.444. The molecule has 0 N–H and O–H groups in total. The Bertz CT molecular complexity index is 111. The lowest BCUT2D eigenvalue weighted by Gasteiger charge is -2.33. The fraction of sp³-hybridized carbons (Fsp3) is 1.00. The van der Waals surface area contributed by atoms with Crippen LogP contribution in [-0.2, 0) is 4.65 Å². The third kappa shape index (κ3) is 3.58. The van der Waals surface area contributed by atoms with Crippen LogP contribution in [0.2, 0.25) is 39.3 Å². The van der Waals surface area contributed by atoms with Gasteiger partial charge in [-0.1, -0.05) is 39.3 Å². The Kier molecular flexibility index (Phi) is 3.60. The van der Waals surface area contributed by atoms with E-state index in [9.17, 15) is 0 Å². The summed E-state index contributed by atoms with van der Waals surface area (Å²) in [5, 5.41) is 0. The molecule has 0 aliphatic rings. The zero-order chi connectivity index (χ0) is 9.28.